The number of amides is 1. The summed E-state index contributed by atoms with van der Waals surface area (Å²) in [7, 11) is 0. The van der Waals surface area contributed by atoms with Crippen LogP contribution in [0.2, 0.25) is 9.36 Å². The van der Waals surface area contributed by atoms with Crippen molar-refractivity contribution in [2.75, 3.05) is 0 Å². The number of rotatable bonds is 6. The molecule has 0 saturated heterocycles. The third-order valence-electron chi connectivity index (χ3n) is 2.12. The molecule has 1 heterocycles. The van der Waals surface area contributed by atoms with Crippen molar-refractivity contribution < 1.29 is 24.6 Å². The maximum atomic E-state index is 11.7. The number of aliphatic carboxylic acids is 2. The molecule has 1 amide bonds. The van der Waals surface area contributed by atoms with E-state index in [4.69, 9.17) is 33.4 Å². The fourth-order valence-corrected chi connectivity index (χ4v) is 2.48. The van der Waals surface area contributed by atoms with Gasteiger partial charge in [0.15, 0.2) is 0 Å². The standard InChI is InChI=1S/C10H9Cl2NO5S/c11-4-3-6(19-8(4)12)9(16)13-5(10(17)18)1-2-7(14)15/h3,5H,1-2H2,(H,13,16)(H,14,15)(H,17,18)/t5-/m0/s1. The fourth-order valence-electron chi connectivity index (χ4n) is 1.21. The molecule has 1 aromatic rings. The molecule has 0 spiro atoms. The minimum Gasteiger partial charge on any atom is -0.481 e. The van der Waals surface area contributed by atoms with Crippen LogP contribution < -0.4 is 5.32 Å². The van der Waals surface area contributed by atoms with Gasteiger partial charge in [0.2, 0.25) is 0 Å². The van der Waals surface area contributed by atoms with Gasteiger partial charge in [-0.05, 0) is 12.5 Å². The topological polar surface area (TPSA) is 104 Å². The molecule has 0 fully saturated rings. The Labute approximate surface area is 121 Å². The number of carboxylic acids is 2. The number of hydrogen-bond acceptors (Lipinski definition) is 4. The Morgan fingerprint density at radius 1 is 1.32 bits per heavy atom. The molecule has 0 bridgehead atoms. The Morgan fingerprint density at radius 3 is 2.37 bits per heavy atom. The predicted octanol–water partition coefficient (Wildman–Crippen LogP) is 2.10. The molecule has 1 atom stereocenters. The Morgan fingerprint density at radius 2 is 1.95 bits per heavy atom. The maximum Gasteiger partial charge on any atom is 0.326 e. The first-order chi connectivity index (χ1) is 8.81. The van der Waals surface area contributed by atoms with Gasteiger partial charge in [-0.3, -0.25) is 9.59 Å². The Kier molecular flexibility index (Phi) is 5.59. The van der Waals surface area contributed by atoms with Gasteiger partial charge in [0.25, 0.3) is 5.91 Å². The van der Waals surface area contributed by atoms with E-state index in [0.29, 0.717) is 0 Å². The van der Waals surface area contributed by atoms with Crippen molar-refractivity contribution in [2.45, 2.75) is 18.9 Å². The SMILES string of the molecule is O=C(O)CC[C@H](NC(=O)c1cc(Cl)c(Cl)s1)C(=O)O. The molecule has 19 heavy (non-hydrogen) atoms. The van der Waals surface area contributed by atoms with Crippen LogP contribution in [0.15, 0.2) is 6.07 Å². The Hall–Kier alpha value is -1.31. The van der Waals surface area contributed by atoms with E-state index in [1.807, 2.05) is 0 Å². The van der Waals surface area contributed by atoms with E-state index in [9.17, 15) is 14.4 Å². The van der Waals surface area contributed by atoms with E-state index in [0.717, 1.165) is 11.3 Å². The van der Waals surface area contributed by atoms with Gasteiger partial charge in [0.1, 0.15) is 10.4 Å². The average Bonchev–Trinajstić information content (AvgIpc) is 2.64. The van der Waals surface area contributed by atoms with Gasteiger partial charge in [0, 0.05) is 6.42 Å². The van der Waals surface area contributed by atoms with Crippen LogP contribution in [0, 0.1) is 0 Å². The summed E-state index contributed by atoms with van der Waals surface area (Å²) in [6.45, 7) is 0. The summed E-state index contributed by atoms with van der Waals surface area (Å²) in [6.07, 6.45) is -0.563. The van der Waals surface area contributed by atoms with Crippen molar-refractivity contribution >= 4 is 52.4 Å². The first-order valence-corrected chi connectivity index (χ1v) is 6.58. The lowest BCUT2D eigenvalue weighted by atomic mass is 10.1. The fraction of sp³-hybridized carbons (Fsp3) is 0.300. The van der Waals surface area contributed by atoms with Crippen LogP contribution in [0.3, 0.4) is 0 Å². The zero-order valence-electron chi connectivity index (χ0n) is 9.35. The number of hydrogen-bond donors (Lipinski definition) is 3. The number of thiophene rings is 1. The lowest BCUT2D eigenvalue weighted by Crippen LogP contribution is -2.40. The molecule has 0 radical (unpaired) electrons. The van der Waals surface area contributed by atoms with Crippen LogP contribution in [0.25, 0.3) is 0 Å². The second-order valence-corrected chi connectivity index (χ2v) is 5.59. The van der Waals surface area contributed by atoms with Gasteiger partial charge < -0.3 is 15.5 Å². The van der Waals surface area contributed by atoms with E-state index in [2.05, 4.69) is 5.32 Å². The molecule has 3 N–H and O–H groups in total. The van der Waals surface area contributed by atoms with Gasteiger partial charge in [-0.25, -0.2) is 4.79 Å². The Balaban J connectivity index is 2.71. The molecule has 0 unspecified atom stereocenters. The van der Waals surface area contributed by atoms with Crippen molar-refractivity contribution in [3.63, 3.8) is 0 Å². The third-order valence-corrected chi connectivity index (χ3v) is 3.98. The molecule has 1 aromatic heterocycles. The second kappa shape index (κ2) is 6.74. The van der Waals surface area contributed by atoms with Crippen LogP contribution in [-0.2, 0) is 9.59 Å². The number of carbonyl (C=O) groups is 3. The van der Waals surface area contributed by atoms with E-state index in [-0.39, 0.29) is 27.1 Å². The molecule has 0 aliphatic carbocycles. The molecule has 104 valence electrons. The lowest BCUT2D eigenvalue weighted by molar-refractivity contribution is -0.140. The quantitative estimate of drug-likeness (QED) is 0.743. The van der Waals surface area contributed by atoms with Crippen molar-refractivity contribution in [1.82, 2.24) is 5.32 Å². The zero-order chi connectivity index (χ0) is 14.6. The molecule has 0 aliphatic rings. The lowest BCUT2D eigenvalue weighted by Gasteiger charge is -2.12. The van der Waals surface area contributed by atoms with Crippen LogP contribution >= 0.6 is 34.5 Å². The molecule has 0 aliphatic heterocycles. The summed E-state index contributed by atoms with van der Waals surface area (Å²) in [5.74, 6) is -3.09. The summed E-state index contributed by atoms with van der Waals surface area (Å²) in [4.78, 5) is 33.2. The molecule has 6 nitrogen and oxygen atoms in total. The van der Waals surface area contributed by atoms with Gasteiger partial charge in [0.05, 0.1) is 9.90 Å². The van der Waals surface area contributed by atoms with Crippen molar-refractivity contribution in [1.29, 1.82) is 0 Å². The minimum absolute atomic E-state index is 0.163. The van der Waals surface area contributed by atoms with Crippen molar-refractivity contribution in [2.24, 2.45) is 0 Å². The monoisotopic (exact) mass is 325 g/mol. The number of nitrogens with one attached hydrogen (secondary N) is 1. The molecular formula is C10H9Cl2NO5S. The number of halogens is 2. The molecule has 9 heteroatoms. The van der Waals surface area contributed by atoms with Crippen molar-refractivity contribution in [3.05, 3.63) is 20.3 Å². The van der Waals surface area contributed by atoms with Crippen LogP contribution in [-0.4, -0.2) is 34.1 Å². The first kappa shape index (κ1) is 15.7. The van der Waals surface area contributed by atoms with E-state index < -0.39 is 23.9 Å². The molecule has 1 rings (SSSR count). The van der Waals surface area contributed by atoms with Gasteiger partial charge >= 0.3 is 11.9 Å². The summed E-state index contributed by atoms with van der Waals surface area (Å²) < 4.78 is 0.226. The predicted molar refractivity (Wildman–Crippen MR) is 70.1 cm³/mol. The van der Waals surface area contributed by atoms with Gasteiger partial charge in [-0.15, -0.1) is 11.3 Å². The molecular weight excluding hydrogens is 317 g/mol. The highest BCUT2D eigenvalue weighted by atomic mass is 35.5. The highest BCUT2D eigenvalue weighted by Gasteiger charge is 2.23. The van der Waals surface area contributed by atoms with Crippen LogP contribution in [0.1, 0.15) is 22.5 Å². The smallest absolute Gasteiger partial charge is 0.326 e. The highest BCUT2D eigenvalue weighted by Crippen LogP contribution is 2.31. The van der Waals surface area contributed by atoms with Crippen molar-refractivity contribution in [3.8, 4) is 0 Å². The largest absolute Gasteiger partial charge is 0.481 e. The van der Waals surface area contributed by atoms with Gasteiger partial charge in [-0.1, -0.05) is 23.2 Å². The third kappa shape index (κ3) is 4.70. The highest BCUT2D eigenvalue weighted by molar-refractivity contribution is 7.18. The van der Waals surface area contributed by atoms with E-state index in [1.165, 1.54) is 6.07 Å². The summed E-state index contributed by atoms with van der Waals surface area (Å²) >= 11 is 12.3. The normalized spacial score (nSPS) is 11.9. The molecule has 0 aromatic carbocycles. The summed E-state index contributed by atoms with van der Waals surface area (Å²) in [5.41, 5.74) is 0. The summed E-state index contributed by atoms with van der Waals surface area (Å²) in [6, 6.07) is 0.0447. The zero-order valence-corrected chi connectivity index (χ0v) is 11.7. The van der Waals surface area contributed by atoms with Gasteiger partial charge in [-0.2, -0.15) is 0 Å². The summed E-state index contributed by atoms with van der Waals surface area (Å²) in [5, 5.41) is 19.8. The minimum atomic E-state index is -1.30. The maximum absolute atomic E-state index is 11.7. The molecule has 0 saturated carbocycles. The second-order valence-electron chi connectivity index (χ2n) is 3.53. The van der Waals surface area contributed by atoms with Crippen LogP contribution in [0.4, 0.5) is 0 Å². The van der Waals surface area contributed by atoms with E-state index >= 15 is 0 Å². The Bertz CT molecular complexity index is 497. The van der Waals surface area contributed by atoms with E-state index in [1.54, 1.807) is 0 Å². The van der Waals surface area contributed by atoms with Crippen LogP contribution in [0.5, 0.6) is 0 Å². The first-order valence-electron chi connectivity index (χ1n) is 5.01. The average molecular weight is 326 g/mol. The number of carboxylic acid groups (broad SMARTS) is 2. The number of carbonyl (C=O) groups excluding carboxylic acids is 1.